The summed E-state index contributed by atoms with van der Waals surface area (Å²) in [7, 11) is 0. The number of fused-ring (bicyclic) bond motifs is 1. The molecule has 7 nitrogen and oxygen atoms in total. The molecular formula is C19H14N2O5. The lowest BCUT2D eigenvalue weighted by Crippen LogP contribution is -2.33. The summed E-state index contributed by atoms with van der Waals surface area (Å²) >= 11 is 0. The minimum Gasteiger partial charge on any atom is -0.464 e. The van der Waals surface area contributed by atoms with Gasteiger partial charge in [0.2, 0.25) is 13.2 Å². The number of anilines is 2. The number of hydrogen-bond donors (Lipinski definition) is 1. The standard InChI is InChI=1S/C19H14N2O5/c22-11-21(15-4-1-3-13(9-15)16-5-2-8-24-16)19(23)20-14-6-7-17-18(10-14)26-12-25-17/h1-11H,12H2,(H,20,23). The number of rotatable bonds is 4. The molecule has 0 saturated carbocycles. The van der Waals surface area contributed by atoms with Crippen LogP contribution in [0.5, 0.6) is 11.5 Å². The van der Waals surface area contributed by atoms with Gasteiger partial charge in [-0.05, 0) is 36.4 Å². The lowest BCUT2D eigenvalue weighted by Gasteiger charge is -2.17. The third-order valence-electron chi connectivity index (χ3n) is 3.88. The molecule has 0 radical (unpaired) electrons. The Morgan fingerprint density at radius 1 is 1.04 bits per heavy atom. The van der Waals surface area contributed by atoms with Crippen molar-refractivity contribution < 1.29 is 23.5 Å². The number of carbonyl (C=O) groups excluding carboxylic acids is 2. The first-order valence-corrected chi connectivity index (χ1v) is 7.84. The second kappa shape index (κ2) is 6.64. The van der Waals surface area contributed by atoms with Crippen LogP contribution < -0.4 is 19.7 Å². The number of ether oxygens (including phenoxy) is 2. The first-order valence-electron chi connectivity index (χ1n) is 7.84. The van der Waals surface area contributed by atoms with Gasteiger partial charge in [0.15, 0.2) is 11.5 Å². The van der Waals surface area contributed by atoms with Crippen LogP contribution >= 0.6 is 0 Å². The van der Waals surface area contributed by atoms with Crippen molar-refractivity contribution in [3.05, 3.63) is 60.9 Å². The monoisotopic (exact) mass is 350 g/mol. The molecule has 4 rings (SSSR count). The molecule has 0 saturated heterocycles. The molecule has 0 fully saturated rings. The molecule has 26 heavy (non-hydrogen) atoms. The molecule has 3 amide bonds. The summed E-state index contributed by atoms with van der Waals surface area (Å²) in [5, 5.41) is 2.67. The zero-order valence-corrected chi connectivity index (χ0v) is 13.5. The van der Waals surface area contributed by atoms with E-state index in [1.165, 1.54) is 0 Å². The molecule has 0 spiro atoms. The number of imide groups is 1. The van der Waals surface area contributed by atoms with E-state index < -0.39 is 6.03 Å². The fraction of sp³-hybridized carbons (Fsp3) is 0.0526. The Morgan fingerprint density at radius 2 is 1.92 bits per heavy atom. The number of hydrogen-bond acceptors (Lipinski definition) is 5. The lowest BCUT2D eigenvalue weighted by molar-refractivity contribution is -0.106. The molecule has 7 heteroatoms. The molecular weight excluding hydrogens is 336 g/mol. The van der Waals surface area contributed by atoms with Crippen molar-refractivity contribution in [2.45, 2.75) is 0 Å². The number of furan rings is 1. The quantitative estimate of drug-likeness (QED) is 0.723. The zero-order chi connectivity index (χ0) is 17.9. The maximum absolute atomic E-state index is 12.5. The van der Waals surface area contributed by atoms with Crippen LogP contribution in [-0.4, -0.2) is 19.2 Å². The summed E-state index contributed by atoms with van der Waals surface area (Å²) in [6.07, 6.45) is 2.02. The van der Waals surface area contributed by atoms with E-state index in [0.717, 1.165) is 10.5 Å². The fourth-order valence-electron chi connectivity index (χ4n) is 2.64. The number of carbonyl (C=O) groups is 2. The molecule has 2 aromatic carbocycles. The van der Waals surface area contributed by atoms with Gasteiger partial charge in [-0.15, -0.1) is 0 Å². The van der Waals surface area contributed by atoms with Gasteiger partial charge in [0.05, 0.1) is 12.0 Å². The fourth-order valence-corrected chi connectivity index (χ4v) is 2.64. The van der Waals surface area contributed by atoms with Crippen molar-refractivity contribution in [3.8, 4) is 22.8 Å². The van der Waals surface area contributed by atoms with Gasteiger partial charge in [-0.25, -0.2) is 9.69 Å². The highest BCUT2D eigenvalue weighted by Gasteiger charge is 2.18. The van der Waals surface area contributed by atoms with Gasteiger partial charge in [0, 0.05) is 17.3 Å². The number of nitrogens with one attached hydrogen (secondary N) is 1. The Kier molecular flexibility index (Phi) is 4.03. The summed E-state index contributed by atoms with van der Waals surface area (Å²) in [5.74, 6) is 1.80. The smallest absolute Gasteiger partial charge is 0.332 e. The third-order valence-corrected chi connectivity index (χ3v) is 3.88. The Morgan fingerprint density at radius 3 is 2.73 bits per heavy atom. The summed E-state index contributed by atoms with van der Waals surface area (Å²) in [5.41, 5.74) is 1.68. The van der Waals surface area contributed by atoms with Crippen LogP contribution in [0, 0.1) is 0 Å². The van der Waals surface area contributed by atoms with E-state index in [4.69, 9.17) is 13.9 Å². The van der Waals surface area contributed by atoms with Crippen molar-refractivity contribution in [2.24, 2.45) is 0 Å². The Hall–Kier alpha value is -3.74. The van der Waals surface area contributed by atoms with E-state index in [0.29, 0.717) is 35.0 Å². The second-order valence-electron chi connectivity index (χ2n) is 5.50. The molecule has 1 aliphatic heterocycles. The molecule has 3 aromatic rings. The highest BCUT2D eigenvalue weighted by Crippen LogP contribution is 2.34. The van der Waals surface area contributed by atoms with Crippen LogP contribution in [0.1, 0.15) is 0 Å². The van der Waals surface area contributed by atoms with Gasteiger partial charge < -0.3 is 19.2 Å². The molecule has 1 aliphatic rings. The molecule has 1 N–H and O–H groups in total. The summed E-state index contributed by atoms with van der Waals surface area (Å²) in [6, 6.07) is 14.9. The van der Waals surface area contributed by atoms with E-state index >= 15 is 0 Å². The second-order valence-corrected chi connectivity index (χ2v) is 5.50. The summed E-state index contributed by atoms with van der Waals surface area (Å²) in [4.78, 5) is 25.0. The van der Waals surface area contributed by atoms with Gasteiger partial charge in [-0.2, -0.15) is 0 Å². The number of nitrogens with zero attached hydrogens (tertiary/aromatic N) is 1. The largest absolute Gasteiger partial charge is 0.464 e. The van der Waals surface area contributed by atoms with E-state index in [1.54, 1.807) is 54.8 Å². The van der Waals surface area contributed by atoms with Gasteiger partial charge >= 0.3 is 6.03 Å². The minimum absolute atomic E-state index is 0.146. The van der Waals surface area contributed by atoms with Crippen molar-refractivity contribution in [1.29, 1.82) is 0 Å². The van der Waals surface area contributed by atoms with Crippen LogP contribution in [0.3, 0.4) is 0 Å². The molecule has 1 aromatic heterocycles. The molecule has 0 unspecified atom stereocenters. The van der Waals surface area contributed by atoms with Crippen molar-refractivity contribution in [2.75, 3.05) is 17.0 Å². The molecule has 2 heterocycles. The van der Waals surface area contributed by atoms with E-state index in [1.807, 2.05) is 6.07 Å². The molecule has 0 aliphatic carbocycles. The Bertz CT molecular complexity index is 952. The van der Waals surface area contributed by atoms with Gasteiger partial charge in [-0.1, -0.05) is 12.1 Å². The first-order chi connectivity index (χ1) is 12.7. The maximum Gasteiger partial charge on any atom is 0.332 e. The minimum atomic E-state index is -0.588. The Labute approximate surface area is 148 Å². The van der Waals surface area contributed by atoms with Crippen LogP contribution in [0.4, 0.5) is 16.2 Å². The van der Waals surface area contributed by atoms with Gasteiger partial charge in [0.25, 0.3) is 0 Å². The number of urea groups is 1. The predicted octanol–water partition coefficient (Wildman–Crippen LogP) is 3.87. The van der Waals surface area contributed by atoms with Crippen LogP contribution in [0.25, 0.3) is 11.3 Å². The third kappa shape index (κ3) is 2.98. The van der Waals surface area contributed by atoms with Crippen molar-refractivity contribution in [1.82, 2.24) is 0 Å². The molecule has 0 atom stereocenters. The highest BCUT2D eigenvalue weighted by atomic mass is 16.7. The van der Waals surface area contributed by atoms with Crippen molar-refractivity contribution >= 4 is 23.8 Å². The Balaban J connectivity index is 1.56. The topological polar surface area (TPSA) is 81.0 Å². The van der Waals surface area contributed by atoms with Gasteiger partial charge in [-0.3, -0.25) is 4.79 Å². The maximum atomic E-state index is 12.5. The first kappa shape index (κ1) is 15.8. The van der Waals surface area contributed by atoms with E-state index in [-0.39, 0.29) is 6.79 Å². The highest BCUT2D eigenvalue weighted by molar-refractivity contribution is 6.12. The van der Waals surface area contributed by atoms with E-state index in [9.17, 15) is 9.59 Å². The zero-order valence-electron chi connectivity index (χ0n) is 13.5. The lowest BCUT2D eigenvalue weighted by atomic mass is 10.1. The number of amides is 3. The normalized spacial score (nSPS) is 11.8. The average molecular weight is 350 g/mol. The summed E-state index contributed by atoms with van der Waals surface area (Å²) in [6.45, 7) is 0.146. The molecule has 0 bridgehead atoms. The SMILES string of the molecule is O=CN(C(=O)Nc1ccc2c(c1)OCO2)c1cccc(-c2ccco2)c1. The summed E-state index contributed by atoms with van der Waals surface area (Å²) < 4.78 is 15.9. The van der Waals surface area contributed by atoms with E-state index in [2.05, 4.69) is 5.32 Å². The van der Waals surface area contributed by atoms with Crippen LogP contribution in [0.2, 0.25) is 0 Å². The van der Waals surface area contributed by atoms with Gasteiger partial charge in [0.1, 0.15) is 5.76 Å². The van der Waals surface area contributed by atoms with Crippen LogP contribution in [-0.2, 0) is 4.79 Å². The predicted molar refractivity (Wildman–Crippen MR) is 94.3 cm³/mol. The van der Waals surface area contributed by atoms with Crippen LogP contribution in [0.15, 0.2) is 65.3 Å². The van der Waals surface area contributed by atoms with Crippen molar-refractivity contribution in [3.63, 3.8) is 0 Å². The number of benzene rings is 2. The average Bonchev–Trinajstić information content (AvgIpc) is 3.34. The molecule has 130 valence electrons.